The molecule has 16 heteroatoms. The fraction of sp³-hybridized carbons (Fsp3) is 0.318. The average Bonchev–Trinajstić information content (AvgIpc) is 3.62. The number of ether oxygens (including phenoxy) is 1. The first-order valence-corrected chi connectivity index (χ1v) is 14.5. The number of rotatable bonds is 5. The van der Waals surface area contributed by atoms with Crippen LogP contribution in [0.4, 0.5) is 23.0 Å². The third kappa shape index (κ3) is 4.66. The monoisotopic (exact) mass is 643 g/mol. The molecule has 1 aliphatic carbocycles. The second-order valence-corrected chi connectivity index (χ2v) is 12.7. The summed E-state index contributed by atoms with van der Waals surface area (Å²) in [5, 5.41) is 7.85. The Labute approximate surface area is 240 Å². The average molecular weight is 645 g/mol. The molecule has 202 valence electrons. The Morgan fingerprint density at radius 2 is 1.84 bits per heavy atom. The molecule has 3 aromatic rings. The van der Waals surface area contributed by atoms with E-state index < -0.39 is 30.2 Å². The number of carbonyl (C=O) groups is 2. The molecule has 3 N–H and O–H groups in total. The van der Waals surface area contributed by atoms with Crippen molar-refractivity contribution >= 4 is 91.5 Å². The number of primary amides is 1. The van der Waals surface area contributed by atoms with Gasteiger partial charge in [-0.25, -0.2) is 4.79 Å². The van der Waals surface area contributed by atoms with Gasteiger partial charge in [-0.05, 0) is 42.7 Å². The molecular formula is C22H15Cl3F3N3O4S3. The lowest BCUT2D eigenvalue weighted by Crippen LogP contribution is -2.42. The highest BCUT2D eigenvalue weighted by atomic mass is 35.5. The van der Waals surface area contributed by atoms with Gasteiger partial charge in [0.2, 0.25) is 0 Å². The van der Waals surface area contributed by atoms with E-state index in [0.29, 0.717) is 29.1 Å². The van der Waals surface area contributed by atoms with Gasteiger partial charge in [-0.3, -0.25) is 10.1 Å². The van der Waals surface area contributed by atoms with Crippen molar-refractivity contribution in [1.82, 2.24) is 0 Å². The number of fused-ring (bicyclic) bond motifs is 1. The molecule has 0 aromatic carbocycles. The summed E-state index contributed by atoms with van der Waals surface area (Å²) in [5.41, 5.74) is 4.11. The third-order valence-corrected chi connectivity index (χ3v) is 10.8. The summed E-state index contributed by atoms with van der Waals surface area (Å²) < 4.78 is 48.8. The molecule has 2 amide bonds. The van der Waals surface area contributed by atoms with Gasteiger partial charge in [0, 0.05) is 5.56 Å². The van der Waals surface area contributed by atoms with Crippen LogP contribution < -0.4 is 15.8 Å². The maximum absolute atomic E-state index is 14.5. The van der Waals surface area contributed by atoms with E-state index in [2.05, 4.69) is 10.5 Å². The molecule has 3 aromatic heterocycles. The summed E-state index contributed by atoms with van der Waals surface area (Å²) in [6.07, 6.45) is -3.66. The Kier molecular flexibility index (Phi) is 7.37. The molecule has 38 heavy (non-hydrogen) atoms. The topological polar surface area (TPSA) is 103 Å². The summed E-state index contributed by atoms with van der Waals surface area (Å²) in [4.78, 5) is 29.4. The first-order chi connectivity index (χ1) is 17.9. The molecule has 2 aliphatic rings. The molecule has 4 heterocycles. The Hall–Kier alpha value is -2.03. The fourth-order valence-corrected chi connectivity index (χ4v) is 8.31. The predicted molar refractivity (Wildman–Crippen MR) is 143 cm³/mol. The largest absolute Gasteiger partial charge is 0.436 e. The van der Waals surface area contributed by atoms with Crippen molar-refractivity contribution < 1.29 is 32.3 Å². The van der Waals surface area contributed by atoms with Crippen molar-refractivity contribution in [2.24, 2.45) is 10.9 Å². The molecule has 0 fully saturated rings. The smallest absolute Gasteiger partial charge is 0.399 e. The number of hydrogen-bond donors (Lipinski definition) is 2. The highest BCUT2D eigenvalue weighted by Gasteiger charge is 2.64. The van der Waals surface area contributed by atoms with Gasteiger partial charge in [-0.2, -0.15) is 13.2 Å². The highest BCUT2D eigenvalue weighted by molar-refractivity contribution is 7.18. The zero-order valence-corrected chi connectivity index (χ0v) is 23.6. The zero-order chi connectivity index (χ0) is 27.4. The quantitative estimate of drug-likeness (QED) is 0.294. The number of nitrogens with two attached hydrogens (primary N) is 1. The third-order valence-electron chi connectivity index (χ3n) is 6.09. The van der Waals surface area contributed by atoms with E-state index in [1.807, 2.05) is 0 Å². The highest BCUT2D eigenvalue weighted by Crippen LogP contribution is 2.57. The van der Waals surface area contributed by atoms with Crippen LogP contribution in [0, 0.1) is 0 Å². The van der Waals surface area contributed by atoms with E-state index in [4.69, 9.17) is 50.1 Å². The lowest BCUT2D eigenvalue weighted by molar-refractivity contribution is -0.274. The standard InChI is InChI=1S/C22H15Cl3F3N3O4S3/c23-12-13(24)16(25)38-15(12)21(22(26,27)28)7-11(31-35-21)14-8-3-1-2-4-9(8)19(37-14)34-20(33)30-18-10(17(29)32)5-6-36-18/h5-6H,1-4,7H2,(H2,29,32)(H,30,33). The van der Waals surface area contributed by atoms with E-state index in [1.165, 1.54) is 6.07 Å². The van der Waals surface area contributed by atoms with E-state index in [-0.39, 0.29) is 40.6 Å². The fourth-order valence-electron chi connectivity index (χ4n) is 4.30. The molecule has 5 rings (SSSR count). The van der Waals surface area contributed by atoms with Crippen LogP contribution in [0.2, 0.25) is 14.4 Å². The maximum Gasteiger partial charge on any atom is 0.436 e. The van der Waals surface area contributed by atoms with Crippen LogP contribution in [-0.2, 0) is 23.3 Å². The number of alkyl halides is 3. The number of anilines is 1. The number of hydrogen-bond acceptors (Lipinski definition) is 8. The van der Waals surface area contributed by atoms with Gasteiger partial charge in [-0.15, -0.1) is 22.7 Å². The number of nitrogens with one attached hydrogen (secondary N) is 1. The Bertz CT molecular complexity index is 1480. The van der Waals surface area contributed by atoms with Crippen molar-refractivity contribution in [1.29, 1.82) is 0 Å². The van der Waals surface area contributed by atoms with Gasteiger partial charge in [0.1, 0.15) is 15.0 Å². The van der Waals surface area contributed by atoms with Crippen LogP contribution in [0.5, 0.6) is 5.06 Å². The first-order valence-electron chi connectivity index (χ1n) is 10.9. The van der Waals surface area contributed by atoms with Crippen molar-refractivity contribution in [3.63, 3.8) is 0 Å². The van der Waals surface area contributed by atoms with Crippen molar-refractivity contribution in [3.05, 3.63) is 52.3 Å². The Morgan fingerprint density at radius 3 is 2.47 bits per heavy atom. The molecular weight excluding hydrogens is 630 g/mol. The van der Waals surface area contributed by atoms with Crippen LogP contribution in [0.3, 0.4) is 0 Å². The van der Waals surface area contributed by atoms with Crippen LogP contribution >= 0.6 is 68.8 Å². The normalized spacial score (nSPS) is 19.1. The van der Waals surface area contributed by atoms with Crippen LogP contribution in [0.1, 0.15) is 50.5 Å². The van der Waals surface area contributed by atoms with Gasteiger partial charge in [0.15, 0.2) is 5.06 Å². The Morgan fingerprint density at radius 1 is 1.13 bits per heavy atom. The molecule has 1 aliphatic heterocycles. The molecule has 0 radical (unpaired) electrons. The molecule has 1 atom stereocenters. The summed E-state index contributed by atoms with van der Waals surface area (Å²) in [5.74, 6) is -0.710. The number of nitrogens with zero attached hydrogens (tertiary/aromatic N) is 1. The number of thiophene rings is 3. The number of halogens is 6. The summed E-state index contributed by atoms with van der Waals surface area (Å²) >= 11 is 20.8. The van der Waals surface area contributed by atoms with Crippen molar-refractivity contribution in [3.8, 4) is 5.06 Å². The van der Waals surface area contributed by atoms with E-state index in [1.54, 1.807) is 5.38 Å². The summed E-state index contributed by atoms with van der Waals surface area (Å²) in [7, 11) is 0. The van der Waals surface area contributed by atoms with Crippen molar-refractivity contribution in [2.75, 3.05) is 5.32 Å². The lowest BCUT2D eigenvalue weighted by Gasteiger charge is -2.28. The van der Waals surface area contributed by atoms with Crippen LogP contribution in [-0.4, -0.2) is 23.9 Å². The van der Waals surface area contributed by atoms with Gasteiger partial charge < -0.3 is 15.3 Å². The number of carbonyl (C=O) groups excluding carboxylic acids is 2. The van der Waals surface area contributed by atoms with Gasteiger partial charge >= 0.3 is 12.3 Å². The number of amides is 2. The molecule has 1 unspecified atom stereocenters. The van der Waals surface area contributed by atoms with E-state index in [0.717, 1.165) is 46.6 Å². The summed E-state index contributed by atoms with van der Waals surface area (Å²) in [6.45, 7) is 0. The second-order valence-electron chi connectivity index (χ2n) is 8.39. The SMILES string of the molecule is NC(=O)c1ccsc1NC(=O)Oc1sc(C2=NOC(c3sc(Cl)c(Cl)c3Cl)(C(F)(F)F)C2)c2c1CCCC2. The minimum Gasteiger partial charge on any atom is -0.399 e. The first kappa shape index (κ1) is 27.5. The van der Waals surface area contributed by atoms with Crippen LogP contribution in [0.25, 0.3) is 0 Å². The van der Waals surface area contributed by atoms with Crippen LogP contribution in [0.15, 0.2) is 16.6 Å². The number of oxime groups is 1. The van der Waals surface area contributed by atoms with Gasteiger partial charge in [-0.1, -0.05) is 51.3 Å². The van der Waals surface area contributed by atoms with E-state index in [9.17, 15) is 22.8 Å². The molecule has 0 bridgehead atoms. The van der Waals surface area contributed by atoms with Gasteiger partial charge in [0.25, 0.3) is 11.5 Å². The van der Waals surface area contributed by atoms with Gasteiger partial charge in [0.05, 0.1) is 31.8 Å². The minimum atomic E-state index is -4.89. The molecule has 0 saturated carbocycles. The lowest BCUT2D eigenvalue weighted by atomic mass is 9.89. The Balaban J connectivity index is 1.46. The minimum absolute atomic E-state index is 0.0479. The zero-order valence-electron chi connectivity index (χ0n) is 18.8. The summed E-state index contributed by atoms with van der Waals surface area (Å²) in [6, 6.07) is 1.47. The second kappa shape index (κ2) is 10.2. The molecule has 0 spiro atoms. The van der Waals surface area contributed by atoms with E-state index >= 15 is 0 Å². The predicted octanol–water partition coefficient (Wildman–Crippen LogP) is 8.00. The molecule has 7 nitrogen and oxygen atoms in total. The maximum atomic E-state index is 14.5. The van der Waals surface area contributed by atoms with Crippen molar-refractivity contribution in [2.45, 2.75) is 43.9 Å². The molecule has 0 saturated heterocycles.